The van der Waals surface area contributed by atoms with Gasteiger partial charge in [-0.05, 0) is 49.7 Å². The summed E-state index contributed by atoms with van der Waals surface area (Å²) in [4.78, 5) is 11.6. The molecule has 1 aliphatic carbocycles. The van der Waals surface area contributed by atoms with Crippen LogP contribution in [-0.2, 0) is 4.79 Å². The lowest BCUT2D eigenvalue weighted by Crippen LogP contribution is -2.46. The van der Waals surface area contributed by atoms with Crippen LogP contribution in [0.5, 0.6) is 0 Å². The molecule has 0 saturated heterocycles. The molecule has 1 saturated carbocycles. The van der Waals surface area contributed by atoms with Gasteiger partial charge in [0.05, 0.1) is 18.6 Å². The number of unbranched alkanes of at least 4 members (excludes halogenated alkanes) is 1. The van der Waals surface area contributed by atoms with Gasteiger partial charge in [-0.3, -0.25) is 4.79 Å². The number of hydrogen-bond acceptors (Lipinski definition) is 4. The fraction of sp³-hybridized carbons (Fsp3) is 0.667. The monoisotopic (exact) mass is 419 g/mol. The molecule has 1 rings (SSSR count). The number of hydrogen-bond donors (Lipinski definition) is 4. The van der Waals surface area contributed by atoms with Crippen LogP contribution in [0.2, 0.25) is 0 Å². The fourth-order valence-corrected chi connectivity index (χ4v) is 2.99. The minimum absolute atomic E-state index is 0.0879. The minimum atomic E-state index is -4.85. The largest absolute Gasteiger partial charge is 0.417 e. The van der Waals surface area contributed by atoms with Crippen LogP contribution in [0.15, 0.2) is 36.0 Å². The first kappa shape index (κ1) is 25.4. The molecule has 166 valence electrons. The molecule has 0 heterocycles. The van der Waals surface area contributed by atoms with Crippen molar-refractivity contribution in [2.75, 3.05) is 6.54 Å². The van der Waals surface area contributed by atoms with Crippen LogP contribution in [0.25, 0.3) is 0 Å². The van der Waals surface area contributed by atoms with Gasteiger partial charge in [-0.2, -0.15) is 13.2 Å². The number of carbonyl (C=O) groups excluding carboxylic acids is 1. The molecule has 5 nitrogen and oxygen atoms in total. The summed E-state index contributed by atoms with van der Waals surface area (Å²) >= 11 is 0. The average molecular weight is 419 g/mol. The summed E-state index contributed by atoms with van der Waals surface area (Å²) in [6.45, 7) is 6.57. The Morgan fingerprint density at radius 2 is 2.03 bits per heavy atom. The van der Waals surface area contributed by atoms with Crippen molar-refractivity contribution in [2.24, 2.45) is 5.92 Å². The number of nitrogens with one attached hydrogen (secondary N) is 1. The summed E-state index contributed by atoms with van der Waals surface area (Å²) in [5.41, 5.74) is -1.57. The molecule has 4 N–H and O–H groups in total. The normalized spacial score (nSPS) is 25.2. The number of aliphatic hydroxyl groups excluding tert-OH is 2. The van der Waals surface area contributed by atoms with Crippen LogP contribution in [-0.4, -0.2) is 51.8 Å². The Kier molecular flexibility index (Phi) is 9.58. The highest BCUT2D eigenvalue weighted by Crippen LogP contribution is 2.32. The first-order valence-electron chi connectivity index (χ1n) is 9.80. The molecule has 8 heteroatoms. The van der Waals surface area contributed by atoms with Crippen LogP contribution in [0.1, 0.15) is 52.4 Å². The standard InChI is InChI=1S/C21H32F3NO4/c1-14(13-25-19(28)12-20(3,29)21(22,23)24)8-6-4-5-7-9-16-10-17(26)11-18(27)15(16)2/h5,7,9,14,17-18,26-27,29H,2,4,6,8,10-13H2,1,3H3,(H,25,28)/b7-5+,16-9-/t14-,17+,18-,20+/m0/s1. The van der Waals surface area contributed by atoms with Crippen molar-refractivity contribution in [1.82, 2.24) is 5.32 Å². The number of carbonyl (C=O) groups is 1. The maximum atomic E-state index is 12.6. The zero-order valence-electron chi connectivity index (χ0n) is 17.0. The second-order valence-electron chi connectivity index (χ2n) is 8.04. The van der Waals surface area contributed by atoms with Crippen molar-refractivity contribution >= 4 is 5.91 Å². The molecule has 4 atom stereocenters. The minimum Gasteiger partial charge on any atom is -0.393 e. The van der Waals surface area contributed by atoms with Gasteiger partial charge in [0.1, 0.15) is 0 Å². The Bertz CT molecular complexity index is 626. The van der Waals surface area contributed by atoms with Crippen LogP contribution >= 0.6 is 0 Å². The topological polar surface area (TPSA) is 89.8 Å². The summed E-state index contributed by atoms with van der Waals surface area (Å²) in [7, 11) is 0. The fourth-order valence-electron chi connectivity index (χ4n) is 2.99. The Labute approximate surface area is 170 Å². The lowest BCUT2D eigenvalue weighted by Gasteiger charge is -2.26. The van der Waals surface area contributed by atoms with Crippen molar-refractivity contribution < 1.29 is 33.3 Å². The van der Waals surface area contributed by atoms with Crippen molar-refractivity contribution in [3.63, 3.8) is 0 Å². The Morgan fingerprint density at radius 3 is 2.66 bits per heavy atom. The second-order valence-corrected chi connectivity index (χ2v) is 8.04. The number of aliphatic hydroxyl groups is 3. The first-order valence-corrected chi connectivity index (χ1v) is 9.80. The van der Waals surface area contributed by atoms with E-state index in [9.17, 15) is 33.3 Å². The maximum Gasteiger partial charge on any atom is 0.417 e. The molecule has 0 radical (unpaired) electrons. The molecule has 0 aromatic rings. The number of halogens is 3. The molecule has 29 heavy (non-hydrogen) atoms. The van der Waals surface area contributed by atoms with Gasteiger partial charge in [-0.25, -0.2) is 0 Å². The molecule has 1 amide bonds. The predicted molar refractivity (Wildman–Crippen MR) is 105 cm³/mol. The van der Waals surface area contributed by atoms with E-state index in [-0.39, 0.29) is 12.5 Å². The average Bonchev–Trinajstić information content (AvgIpc) is 2.58. The van der Waals surface area contributed by atoms with Gasteiger partial charge in [-0.15, -0.1) is 0 Å². The second kappa shape index (κ2) is 10.9. The summed E-state index contributed by atoms with van der Waals surface area (Å²) < 4.78 is 37.7. The summed E-state index contributed by atoms with van der Waals surface area (Å²) in [5, 5.41) is 31.2. The number of allylic oxidation sites excluding steroid dienone is 3. The highest BCUT2D eigenvalue weighted by Gasteiger charge is 2.50. The lowest BCUT2D eigenvalue weighted by atomic mass is 9.86. The van der Waals surface area contributed by atoms with Crippen LogP contribution in [0.3, 0.4) is 0 Å². The molecule has 1 fully saturated rings. The smallest absolute Gasteiger partial charge is 0.393 e. The molecule has 0 aliphatic heterocycles. The van der Waals surface area contributed by atoms with Gasteiger partial charge in [-0.1, -0.05) is 31.7 Å². The zero-order chi connectivity index (χ0) is 22.2. The number of amides is 1. The molecule has 1 aliphatic rings. The molecule has 0 unspecified atom stereocenters. The van der Waals surface area contributed by atoms with E-state index in [1.807, 2.05) is 25.2 Å². The molecule has 0 spiro atoms. The Morgan fingerprint density at radius 1 is 1.38 bits per heavy atom. The van der Waals surface area contributed by atoms with Gasteiger partial charge in [0.25, 0.3) is 0 Å². The summed E-state index contributed by atoms with van der Waals surface area (Å²) in [6, 6.07) is 0. The van der Waals surface area contributed by atoms with Crippen LogP contribution in [0, 0.1) is 5.92 Å². The van der Waals surface area contributed by atoms with E-state index in [0.29, 0.717) is 25.3 Å². The maximum absolute atomic E-state index is 12.6. The summed E-state index contributed by atoms with van der Waals surface area (Å²) in [5.74, 6) is -0.743. The Hall–Kier alpha value is -1.64. The van der Waals surface area contributed by atoms with E-state index in [4.69, 9.17) is 0 Å². The highest BCUT2D eigenvalue weighted by atomic mass is 19.4. The van der Waals surface area contributed by atoms with E-state index in [2.05, 4.69) is 11.9 Å². The quantitative estimate of drug-likeness (QED) is 0.432. The third-order valence-electron chi connectivity index (χ3n) is 5.03. The van der Waals surface area contributed by atoms with Crippen molar-refractivity contribution in [3.05, 3.63) is 36.0 Å². The number of rotatable bonds is 9. The summed E-state index contributed by atoms with van der Waals surface area (Å²) in [6.07, 6.45) is 1.68. The van der Waals surface area contributed by atoms with Crippen molar-refractivity contribution in [1.29, 1.82) is 0 Å². The molecule has 0 aromatic carbocycles. The Balaban J connectivity index is 2.28. The van der Waals surface area contributed by atoms with Crippen LogP contribution < -0.4 is 5.32 Å². The first-order chi connectivity index (χ1) is 13.3. The number of alkyl halides is 3. The predicted octanol–water partition coefficient (Wildman–Crippen LogP) is 3.17. The third kappa shape index (κ3) is 8.72. The van der Waals surface area contributed by atoms with E-state index in [1.54, 1.807) is 0 Å². The van der Waals surface area contributed by atoms with Crippen molar-refractivity contribution in [3.8, 4) is 0 Å². The van der Waals surface area contributed by atoms with Gasteiger partial charge in [0.2, 0.25) is 5.91 Å². The van der Waals surface area contributed by atoms with E-state index in [1.165, 1.54) is 0 Å². The molecule has 0 bridgehead atoms. The zero-order valence-corrected chi connectivity index (χ0v) is 17.0. The van der Waals surface area contributed by atoms with Gasteiger partial charge in [0, 0.05) is 13.0 Å². The lowest BCUT2D eigenvalue weighted by molar-refractivity contribution is -0.253. The third-order valence-corrected chi connectivity index (χ3v) is 5.03. The van der Waals surface area contributed by atoms with E-state index in [0.717, 1.165) is 24.8 Å². The molecule has 0 aromatic heterocycles. The van der Waals surface area contributed by atoms with Gasteiger partial charge < -0.3 is 20.6 Å². The van der Waals surface area contributed by atoms with Crippen LogP contribution in [0.4, 0.5) is 13.2 Å². The van der Waals surface area contributed by atoms with E-state index < -0.39 is 36.3 Å². The van der Waals surface area contributed by atoms with Crippen molar-refractivity contribution in [2.45, 2.75) is 76.4 Å². The van der Waals surface area contributed by atoms with E-state index >= 15 is 0 Å². The highest BCUT2D eigenvalue weighted by molar-refractivity contribution is 5.77. The SMILES string of the molecule is C=C1/C(=C\C=C\CCC[C@H](C)CNC(=O)C[C@@](C)(O)C(F)(F)F)C[C@@H](O)C[C@@H]1O. The molecular formula is C21H32F3NO4. The van der Waals surface area contributed by atoms with Gasteiger partial charge >= 0.3 is 6.18 Å². The van der Waals surface area contributed by atoms with Gasteiger partial charge in [0.15, 0.2) is 5.60 Å². The molecular weight excluding hydrogens is 387 g/mol.